The summed E-state index contributed by atoms with van der Waals surface area (Å²) in [5.41, 5.74) is 3.27. The van der Waals surface area contributed by atoms with Crippen molar-refractivity contribution < 1.29 is 9.59 Å². The summed E-state index contributed by atoms with van der Waals surface area (Å²) in [6, 6.07) is 15.8. The number of carbonyl (C=O) groups is 2. The van der Waals surface area contributed by atoms with Gasteiger partial charge in [-0.1, -0.05) is 32.9 Å². The van der Waals surface area contributed by atoms with Gasteiger partial charge in [0.2, 0.25) is 5.91 Å². The number of amides is 2. The Labute approximate surface area is 196 Å². The highest BCUT2D eigenvalue weighted by Crippen LogP contribution is 2.25. The van der Waals surface area contributed by atoms with E-state index in [0.29, 0.717) is 13.1 Å². The molecule has 0 aromatic heterocycles. The predicted molar refractivity (Wildman–Crippen MR) is 133 cm³/mol. The van der Waals surface area contributed by atoms with Crippen molar-refractivity contribution in [1.29, 1.82) is 0 Å². The van der Waals surface area contributed by atoms with E-state index in [0.717, 1.165) is 30.0 Å². The van der Waals surface area contributed by atoms with Gasteiger partial charge in [-0.05, 0) is 61.2 Å². The van der Waals surface area contributed by atoms with Crippen molar-refractivity contribution in [2.75, 3.05) is 42.3 Å². The average molecular weight is 456 g/mol. The topological polar surface area (TPSA) is 52.7 Å². The molecule has 0 aliphatic carbocycles. The molecule has 1 N–H and O–H groups in total. The first-order chi connectivity index (χ1) is 15.0. The fourth-order valence-electron chi connectivity index (χ4n) is 3.58. The molecule has 2 amide bonds. The lowest BCUT2D eigenvalue weighted by Gasteiger charge is -2.36. The quantitative estimate of drug-likeness (QED) is 0.634. The number of halogens is 1. The van der Waals surface area contributed by atoms with E-state index in [-0.39, 0.29) is 23.1 Å². The number of alkyl halides is 1. The van der Waals surface area contributed by atoms with Crippen LogP contribution in [0.5, 0.6) is 0 Å². The van der Waals surface area contributed by atoms with E-state index in [9.17, 15) is 9.59 Å². The maximum atomic E-state index is 12.9. The highest BCUT2D eigenvalue weighted by Gasteiger charge is 2.27. The van der Waals surface area contributed by atoms with Crippen LogP contribution in [0.1, 0.15) is 50.5 Å². The molecule has 0 atom stereocenters. The second-order valence-corrected chi connectivity index (χ2v) is 10.4. The Bertz CT molecular complexity index is 939. The number of rotatable bonds is 5. The number of piperazine rings is 1. The summed E-state index contributed by atoms with van der Waals surface area (Å²) in [4.78, 5) is 29.4. The molecule has 0 spiro atoms. The third-order valence-electron chi connectivity index (χ3n) is 6.00. The molecule has 6 heteroatoms. The van der Waals surface area contributed by atoms with Gasteiger partial charge in [-0.2, -0.15) is 0 Å². The van der Waals surface area contributed by atoms with E-state index >= 15 is 0 Å². The molecule has 1 aliphatic rings. The third kappa shape index (κ3) is 5.63. The Morgan fingerprint density at radius 1 is 0.875 bits per heavy atom. The summed E-state index contributed by atoms with van der Waals surface area (Å²) in [6.45, 7) is 13.1. The maximum absolute atomic E-state index is 12.9. The van der Waals surface area contributed by atoms with Crippen molar-refractivity contribution >= 4 is 34.8 Å². The number of benzene rings is 2. The lowest BCUT2D eigenvalue weighted by atomic mass is 9.86. The molecule has 5 nitrogen and oxygen atoms in total. The summed E-state index contributed by atoms with van der Waals surface area (Å²) in [7, 11) is 0. The van der Waals surface area contributed by atoms with E-state index in [2.05, 4.69) is 43.1 Å². The lowest BCUT2D eigenvalue weighted by Crippen LogP contribution is -2.48. The molecule has 1 fully saturated rings. The van der Waals surface area contributed by atoms with Crippen LogP contribution in [0, 0.1) is 5.41 Å². The van der Waals surface area contributed by atoms with Crippen LogP contribution in [0.4, 0.5) is 11.4 Å². The van der Waals surface area contributed by atoms with Crippen LogP contribution in [-0.2, 0) is 10.2 Å². The van der Waals surface area contributed by atoms with Gasteiger partial charge in [0.1, 0.15) is 0 Å². The molecule has 0 saturated carbocycles. The van der Waals surface area contributed by atoms with E-state index in [4.69, 9.17) is 11.6 Å². The molecule has 2 aromatic rings. The number of hydrogen-bond acceptors (Lipinski definition) is 3. The van der Waals surface area contributed by atoms with Gasteiger partial charge < -0.3 is 15.1 Å². The zero-order valence-electron chi connectivity index (χ0n) is 19.7. The van der Waals surface area contributed by atoms with E-state index in [1.807, 2.05) is 55.1 Å². The Morgan fingerprint density at radius 3 is 1.94 bits per heavy atom. The minimum absolute atomic E-state index is 0.0753. The van der Waals surface area contributed by atoms with Crippen LogP contribution < -0.4 is 10.2 Å². The second-order valence-electron chi connectivity index (χ2n) is 10.1. The summed E-state index contributed by atoms with van der Waals surface area (Å²) >= 11 is 5.88. The van der Waals surface area contributed by atoms with E-state index < -0.39 is 5.41 Å². The first-order valence-corrected chi connectivity index (χ1v) is 11.7. The first kappa shape index (κ1) is 24.1. The second kappa shape index (κ2) is 9.53. The normalized spacial score (nSPS) is 14.9. The molecule has 0 radical (unpaired) electrons. The van der Waals surface area contributed by atoms with Gasteiger partial charge in [-0.25, -0.2) is 0 Å². The standard InChI is InChI=1S/C26H34ClN3O2/c1-25(2,3)20-8-6-19(7-9-20)23(31)30-16-14-29(15-17-30)22-12-10-21(11-13-22)28-24(32)26(4,5)18-27/h6-13H,14-18H2,1-5H3,(H,28,32). The summed E-state index contributed by atoms with van der Waals surface area (Å²) in [5.74, 6) is 0.258. The number of carbonyl (C=O) groups excluding carboxylic acids is 2. The highest BCUT2D eigenvalue weighted by atomic mass is 35.5. The van der Waals surface area contributed by atoms with E-state index in [1.54, 1.807) is 0 Å². The largest absolute Gasteiger partial charge is 0.368 e. The Morgan fingerprint density at radius 2 is 1.44 bits per heavy atom. The molecule has 0 unspecified atom stereocenters. The smallest absolute Gasteiger partial charge is 0.253 e. The predicted octanol–water partition coefficient (Wildman–Crippen LogP) is 5.15. The average Bonchev–Trinajstić information content (AvgIpc) is 2.78. The fourth-order valence-corrected chi connectivity index (χ4v) is 3.70. The van der Waals surface area contributed by atoms with Crippen LogP contribution in [0.3, 0.4) is 0 Å². The molecule has 1 heterocycles. The van der Waals surface area contributed by atoms with Crippen LogP contribution >= 0.6 is 11.6 Å². The summed E-state index contributed by atoms with van der Waals surface area (Å²) in [6.07, 6.45) is 0. The van der Waals surface area contributed by atoms with Gasteiger partial charge >= 0.3 is 0 Å². The summed E-state index contributed by atoms with van der Waals surface area (Å²) in [5, 5.41) is 2.92. The van der Waals surface area contributed by atoms with Crippen molar-refractivity contribution in [2.24, 2.45) is 5.41 Å². The van der Waals surface area contributed by atoms with Crippen molar-refractivity contribution in [3.05, 3.63) is 59.7 Å². The number of nitrogens with zero attached hydrogens (tertiary/aromatic N) is 2. The van der Waals surface area contributed by atoms with Gasteiger partial charge in [0.05, 0.1) is 5.41 Å². The molecular formula is C26H34ClN3O2. The minimum atomic E-state index is -0.615. The third-order valence-corrected chi connectivity index (χ3v) is 6.67. The maximum Gasteiger partial charge on any atom is 0.253 e. The molecule has 3 rings (SSSR count). The zero-order chi connectivity index (χ0) is 23.5. The van der Waals surface area contributed by atoms with Crippen LogP contribution in [0.15, 0.2) is 48.5 Å². The van der Waals surface area contributed by atoms with Gasteiger partial charge in [0.15, 0.2) is 0 Å². The van der Waals surface area contributed by atoms with E-state index in [1.165, 1.54) is 5.56 Å². The number of hydrogen-bond donors (Lipinski definition) is 1. The molecule has 172 valence electrons. The van der Waals surface area contributed by atoms with Crippen molar-refractivity contribution in [1.82, 2.24) is 4.90 Å². The van der Waals surface area contributed by atoms with Gasteiger partial charge in [0.25, 0.3) is 5.91 Å². The fraction of sp³-hybridized carbons (Fsp3) is 0.462. The van der Waals surface area contributed by atoms with Crippen molar-refractivity contribution in [3.63, 3.8) is 0 Å². The molecule has 2 aromatic carbocycles. The van der Waals surface area contributed by atoms with Crippen LogP contribution in [-0.4, -0.2) is 48.8 Å². The molecule has 1 aliphatic heterocycles. The zero-order valence-corrected chi connectivity index (χ0v) is 20.5. The van der Waals surface area contributed by atoms with Crippen LogP contribution in [0.2, 0.25) is 0 Å². The first-order valence-electron chi connectivity index (χ1n) is 11.1. The molecule has 32 heavy (non-hydrogen) atoms. The van der Waals surface area contributed by atoms with Gasteiger partial charge in [0, 0.05) is 49.0 Å². The number of anilines is 2. The minimum Gasteiger partial charge on any atom is -0.368 e. The lowest BCUT2D eigenvalue weighted by molar-refractivity contribution is -0.122. The van der Waals surface area contributed by atoms with Gasteiger partial charge in [-0.15, -0.1) is 11.6 Å². The Hall–Kier alpha value is -2.53. The molecule has 0 bridgehead atoms. The molecular weight excluding hydrogens is 422 g/mol. The van der Waals surface area contributed by atoms with Crippen molar-refractivity contribution in [2.45, 2.75) is 40.0 Å². The van der Waals surface area contributed by atoms with Gasteiger partial charge in [-0.3, -0.25) is 9.59 Å². The highest BCUT2D eigenvalue weighted by molar-refractivity contribution is 6.20. The Balaban J connectivity index is 1.56. The van der Waals surface area contributed by atoms with Crippen LogP contribution in [0.25, 0.3) is 0 Å². The Kier molecular flexibility index (Phi) is 7.19. The monoisotopic (exact) mass is 455 g/mol. The van der Waals surface area contributed by atoms with Crippen molar-refractivity contribution in [3.8, 4) is 0 Å². The SMILES string of the molecule is CC(C)(CCl)C(=O)Nc1ccc(N2CCN(C(=O)c3ccc(C(C)(C)C)cc3)CC2)cc1. The summed E-state index contributed by atoms with van der Waals surface area (Å²) < 4.78 is 0. The molecule has 1 saturated heterocycles. The number of nitrogens with one attached hydrogen (secondary N) is 1.